The van der Waals surface area contributed by atoms with Gasteiger partial charge in [-0.15, -0.1) is 0 Å². The number of rotatable bonds is 4. The monoisotopic (exact) mass is 360 g/mol. The standard InChI is InChI=1S/C14H12N6O4S/c1-7(21)15-8-3-4-9-11(5-8)25-14(16-9)17-13(22)12-10(20(23)24)6-19(2)18-12/h3-6H,1-2H3,(H,15,21)(H,16,17,22). The third-order valence-electron chi connectivity index (χ3n) is 3.15. The molecule has 0 saturated heterocycles. The zero-order valence-corrected chi connectivity index (χ0v) is 14.0. The largest absolute Gasteiger partial charge is 0.326 e. The Morgan fingerprint density at radius 3 is 2.76 bits per heavy atom. The maximum absolute atomic E-state index is 12.3. The molecule has 0 saturated carbocycles. The van der Waals surface area contributed by atoms with Crippen LogP contribution in [0, 0.1) is 10.1 Å². The first-order chi connectivity index (χ1) is 11.8. The van der Waals surface area contributed by atoms with E-state index in [9.17, 15) is 19.7 Å². The molecule has 0 atom stereocenters. The van der Waals surface area contributed by atoms with Crippen molar-refractivity contribution in [1.82, 2.24) is 14.8 Å². The predicted octanol–water partition coefficient (Wildman–Crippen LogP) is 2.15. The molecule has 25 heavy (non-hydrogen) atoms. The zero-order valence-electron chi connectivity index (χ0n) is 13.1. The van der Waals surface area contributed by atoms with Gasteiger partial charge in [-0.2, -0.15) is 5.10 Å². The number of aromatic nitrogens is 3. The van der Waals surface area contributed by atoms with Crippen molar-refractivity contribution in [3.8, 4) is 0 Å². The first kappa shape index (κ1) is 16.5. The van der Waals surface area contributed by atoms with Gasteiger partial charge >= 0.3 is 5.69 Å². The van der Waals surface area contributed by atoms with Crippen molar-refractivity contribution >= 4 is 49.9 Å². The average molecular weight is 360 g/mol. The molecule has 0 unspecified atom stereocenters. The van der Waals surface area contributed by atoms with E-state index in [1.807, 2.05) is 0 Å². The van der Waals surface area contributed by atoms with Crippen molar-refractivity contribution in [2.75, 3.05) is 10.6 Å². The molecule has 0 aliphatic heterocycles. The number of hydrogen-bond donors (Lipinski definition) is 2. The maximum Gasteiger partial charge on any atom is 0.320 e. The van der Waals surface area contributed by atoms with Crippen molar-refractivity contribution < 1.29 is 14.5 Å². The van der Waals surface area contributed by atoms with Gasteiger partial charge in [0.25, 0.3) is 5.91 Å². The van der Waals surface area contributed by atoms with Gasteiger partial charge in [0.2, 0.25) is 11.6 Å². The first-order valence-corrected chi connectivity index (χ1v) is 7.82. The maximum atomic E-state index is 12.3. The number of benzene rings is 1. The number of fused-ring (bicyclic) bond motifs is 1. The second kappa shape index (κ2) is 6.28. The van der Waals surface area contributed by atoms with Crippen molar-refractivity contribution in [3.05, 3.63) is 40.2 Å². The highest BCUT2D eigenvalue weighted by molar-refractivity contribution is 7.22. The van der Waals surface area contributed by atoms with Gasteiger partial charge < -0.3 is 5.32 Å². The van der Waals surface area contributed by atoms with Crippen LogP contribution in [0.5, 0.6) is 0 Å². The van der Waals surface area contributed by atoms with E-state index < -0.39 is 10.8 Å². The van der Waals surface area contributed by atoms with Gasteiger partial charge in [-0.3, -0.25) is 29.7 Å². The minimum atomic E-state index is -0.714. The summed E-state index contributed by atoms with van der Waals surface area (Å²) in [4.78, 5) is 37.9. The fraction of sp³-hybridized carbons (Fsp3) is 0.143. The highest BCUT2D eigenvalue weighted by Gasteiger charge is 2.25. The Morgan fingerprint density at radius 2 is 2.08 bits per heavy atom. The molecule has 0 fully saturated rings. The summed E-state index contributed by atoms with van der Waals surface area (Å²) in [5, 5.41) is 20.3. The van der Waals surface area contributed by atoms with Crippen LogP contribution in [0.4, 0.5) is 16.5 Å². The molecule has 0 spiro atoms. The quantitative estimate of drug-likeness (QED) is 0.541. The molecule has 0 aliphatic rings. The lowest BCUT2D eigenvalue weighted by molar-refractivity contribution is -0.385. The summed E-state index contributed by atoms with van der Waals surface area (Å²) in [6.45, 7) is 1.41. The van der Waals surface area contributed by atoms with Crippen molar-refractivity contribution in [2.45, 2.75) is 6.92 Å². The molecule has 11 heteroatoms. The first-order valence-electron chi connectivity index (χ1n) is 7.01. The molecule has 2 heterocycles. The number of nitrogens with zero attached hydrogens (tertiary/aromatic N) is 4. The number of nitrogens with one attached hydrogen (secondary N) is 2. The Hall–Kier alpha value is -3.34. The summed E-state index contributed by atoms with van der Waals surface area (Å²) in [7, 11) is 1.49. The molecule has 0 radical (unpaired) electrons. The number of thiazole rings is 1. The van der Waals surface area contributed by atoms with E-state index >= 15 is 0 Å². The van der Waals surface area contributed by atoms with Crippen LogP contribution in [0.3, 0.4) is 0 Å². The van der Waals surface area contributed by atoms with Gasteiger partial charge in [-0.05, 0) is 18.2 Å². The molecule has 2 aromatic heterocycles. The summed E-state index contributed by atoms with van der Waals surface area (Å²) in [5.41, 5.74) is 0.576. The summed E-state index contributed by atoms with van der Waals surface area (Å²) in [5.74, 6) is -0.909. The summed E-state index contributed by atoms with van der Waals surface area (Å²) in [6.07, 6.45) is 1.16. The third-order valence-corrected chi connectivity index (χ3v) is 4.08. The number of aryl methyl sites for hydroxylation is 1. The number of carbonyl (C=O) groups is 2. The van der Waals surface area contributed by atoms with Gasteiger partial charge in [-0.25, -0.2) is 4.98 Å². The number of nitro groups is 1. The van der Waals surface area contributed by atoms with Gasteiger partial charge in [0.1, 0.15) is 6.20 Å². The molecular weight excluding hydrogens is 348 g/mol. The van der Waals surface area contributed by atoms with Crippen LogP contribution in [0.15, 0.2) is 24.4 Å². The molecule has 2 amide bonds. The molecule has 10 nitrogen and oxygen atoms in total. The Morgan fingerprint density at radius 1 is 1.32 bits per heavy atom. The second-order valence-electron chi connectivity index (χ2n) is 5.13. The summed E-state index contributed by atoms with van der Waals surface area (Å²) < 4.78 is 1.95. The van der Waals surface area contributed by atoms with E-state index in [0.717, 1.165) is 10.9 Å². The van der Waals surface area contributed by atoms with E-state index in [0.29, 0.717) is 11.2 Å². The molecule has 3 rings (SSSR count). The van der Waals surface area contributed by atoms with Crippen LogP contribution in [0.25, 0.3) is 10.2 Å². The van der Waals surface area contributed by atoms with Crippen molar-refractivity contribution in [3.63, 3.8) is 0 Å². The molecule has 128 valence electrons. The Kier molecular flexibility index (Phi) is 4.15. The van der Waals surface area contributed by atoms with Gasteiger partial charge in [0, 0.05) is 19.7 Å². The molecule has 0 bridgehead atoms. The molecular formula is C14H12N6O4S. The number of amides is 2. The second-order valence-corrected chi connectivity index (χ2v) is 6.16. The Balaban J connectivity index is 1.86. The lowest BCUT2D eigenvalue weighted by atomic mass is 10.3. The van der Waals surface area contributed by atoms with E-state index in [-0.39, 0.29) is 22.4 Å². The predicted molar refractivity (Wildman–Crippen MR) is 91.7 cm³/mol. The van der Waals surface area contributed by atoms with Crippen LogP contribution < -0.4 is 10.6 Å². The van der Waals surface area contributed by atoms with E-state index in [2.05, 4.69) is 20.7 Å². The van der Waals surface area contributed by atoms with Crippen molar-refractivity contribution in [1.29, 1.82) is 0 Å². The molecule has 3 aromatic rings. The highest BCUT2D eigenvalue weighted by atomic mass is 32.1. The highest BCUT2D eigenvalue weighted by Crippen LogP contribution is 2.29. The lowest BCUT2D eigenvalue weighted by Crippen LogP contribution is -2.14. The number of hydrogen-bond acceptors (Lipinski definition) is 7. The van der Waals surface area contributed by atoms with Gasteiger partial charge in [0.15, 0.2) is 5.13 Å². The average Bonchev–Trinajstić information content (AvgIpc) is 3.09. The van der Waals surface area contributed by atoms with Crippen LogP contribution in [-0.2, 0) is 11.8 Å². The smallest absolute Gasteiger partial charge is 0.320 e. The third kappa shape index (κ3) is 3.45. The molecule has 0 aliphatic carbocycles. The van der Waals surface area contributed by atoms with Crippen LogP contribution in [0.1, 0.15) is 17.4 Å². The summed E-state index contributed by atoms with van der Waals surface area (Å²) in [6, 6.07) is 5.13. The SMILES string of the molecule is CC(=O)Nc1ccc2nc(NC(=O)c3nn(C)cc3[N+](=O)[O-])sc2c1. The fourth-order valence-electron chi connectivity index (χ4n) is 2.19. The van der Waals surface area contributed by atoms with E-state index in [1.165, 1.54) is 30.0 Å². The van der Waals surface area contributed by atoms with Gasteiger partial charge in [0.05, 0.1) is 15.1 Å². The summed E-state index contributed by atoms with van der Waals surface area (Å²) >= 11 is 1.18. The molecule has 1 aromatic carbocycles. The minimum Gasteiger partial charge on any atom is -0.326 e. The molecule has 2 N–H and O–H groups in total. The fourth-order valence-corrected chi connectivity index (χ4v) is 3.09. The van der Waals surface area contributed by atoms with Crippen molar-refractivity contribution in [2.24, 2.45) is 7.05 Å². The Labute approximate surface area is 144 Å². The zero-order chi connectivity index (χ0) is 18.1. The van der Waals surface area contributed by atoms with Crippen LogP contribution in [0.2, 0.25) is 0 Å². The number of anilines is 2. The van der Waals surface area contributed by atoms with Gasteiger partial charge in [-0.1, -0.05) is 11.3 Å². The van der Waals surface area contributed by atoms with E-state index in [1.54, 1.807) is 18.2 Å². The topological polar surface area (TPSA) is 132 Å². The normalized spacial score (nSPS) is 10.6. The van der Waals surface area contributed by atoms with Crippen LogP contribution in [-0.4, -0.2) is 31.5 Å². The van der Waals surface area contributed by atoms with E-state index in [4.69, 9.17) is 0 Å². The van der Waals surface area contributed by atoms with Crippen LogP contribution >= 0.6 is 11.3 Å². The number of carbonyl (C=O) groups excluding carboxylic acids is 2. The minimum absolute atomic E-state index is 0.195. The Bertz CT molecular complexity index is 1010. The lowest BCUT2D eigenvalue weighted by Gasteiger charge is -1.99.